The first-order valence-corrected chi connectivity index (χ1v) is 10.9. The zero-order valence-electron chi connectivity index (χ0n) is 17.8. The number of methoxy groups -OCH3 is 1. The van der Waals surface area contributed by atoms with E-state index in [9.17, 15) is 27.9 Å². The number of carbonyl (C=O) groups excluding carboxylic acids is 2. The molecule has 1 aliphatic heterocycles. The van der Waals surface area contributed by atoms with Crippen molar-refractivity contribution in [3.05, 3.63) is 36.0 Å². The first-order valence-electron chi connectivity index (χ1n) is 10.9. The minimum Gasteiger partial charge on any atom is -0.469 e. The average molecular weight is 452 g/mol. The van der Waals surface area contributed by atoms with Gasteiger partial charge in [0.05, 0.1) is 19.4 Å². The van der Waals surface area contributed by atoms with Crippen LogP contribution in [0, 0.1) is 11.8 Å². The van der Waals surface area contributed by atoms with E-state index >= 15 is 0 Å². The fourth-order valence-electron chi connectivity index (χ4n) is 5.52. The van der Waals surface area contributed by atoms with Gasteiger partial charge in [0, 0.05) is 35.2 Å². The van der Waals surface area contributed by atoms with Crippen molar-refractivity contribution in [3.8, 4) is 0 Å². The molecule has 1 aromatic heterocycles. The number of aliphatic hydroxyl groups is 1. The lowest BCUT2D eigenvalue weighted by Crippen LogP contribution is -2.55. The fourth-order valence-corrected chi connectivity index (χ4v) is 5.52. The van der Waals surface area contributed by atoms with Gasteiger partial charge in [-0.25, -0.2) is 0 Å². The van der Waals surface area contributed by atoms with Gasteiger partial charge in [-0.15, -0.1) is 0 Å². The number of halogens is 3. The quantitative estimate of drug-likeness (QED) is 0.690. The molecule has 32 heavy (non-hydrogen) atoms. The molecule has 2 heterocycles. The number of piperidine rings is 1. The van der Waals surface area contributed by atoms with Crippen molar-refractivity contribution in [1.29, 1.82) is 0 Å². The summed E-state index contributed by atoms with van der Waals surface area (Å²) >= 11 is 0. The first-order chi connectivity index (χ1) is 15.2. The van der Waals surface area contributed by atoms with E-state index in [0.29, 0.717) is 37.7 Å². The third kappa shape index (κ3) is 3.76. The highest BCUT2D eigenvalue weighted by Gasteiger charge is 2.58. The van der Waals surface area contributed by atoms with E-state index in [1.54, 1.807) is 18.2 Å². The maximum atomic E-state index is 14.2. The van der Waals surface area contributed by atoms with Gasteiger partial charge in [-0.1, -0.05) is 24.6 Å². The molecule has 9 heteroatoms. The molecule has 1 aromatic carbocycles. The summed E-state index contributed by atoms with van der Waals surface area (Å²) in [5.74, 6) is -1.58. The average Bonchev–Trinajstić information content (AvgIpc) is 3.21. The number of benzene rings is 1. The summed E-state index contributed by atoms with van der Waals surface area (Å²) in [6.45, 7) is 0.315. The summed E-state index contributed by atoms with van der Waals surface area (Å²) < 4.78 is 47.4. The molecule has 0 spiro atoms. The van der Waals surface area contributed by atoms with E-state index in [0.717, 1.165) is 12.6 Å². The van der Waals surface area contributed by atoms with Crippen molar-refractivity contribution in [3.63, 3.8) is 0 Å². The Bertz CT molecular complexity index is 1000. The number of nitrogens with zero attached hydrogens (tertiary/aromatic N) is 1. The number of esters is 1. The van der Waals surface area contributed by atoms with Crippen LogP contribution in [0.1, 0.15) is 44.1 Å². The highest BCUT2D eigenvalue weighted by molar-refractivity contribution is 5.86. The molecule has 2 aromatic rings. The molecular weight excluding hydrogens is 425 g/mol. The summed E-state index contributed by atoms with van der Waals surface area (Å²) in [6, 6.07) is 6.04. The van der Waals surface area contributed by atoms with Gasteiger partial charge in [0.15, 0.2) is 5.60 Å². The number of hydrogen-bond acceptors (Lipinski definition) is 4. The molecule has 2 N–H and O–H groups in total. The Morgan fingerprint density at radius 3 is 2.66 bits per heavy atom. The molecule has 0 radical (unpaired) electrons. The van der Waals surface area contributed by atoms with Crippen molar-refractivity contribution < 1.29 is 32.6 Å². The van der Waals surface area contributed by atoms with E-state index < -0.39 is 24.1 Å². The summed E-state index contributed by atoms with van der Waals surface area (Å²) in [5.41, 5.74) is -3.24. The Hall–Kier alpha value is -2.55. The molecule has 2 fully saturated rings. The second-order valence-corrected chi connectivity index (χ2v) is 8.80. The van der Waals surface area contributed by atoms with Crippen LogP contribution in [0.4, 0.5) is 13.2 Å². The van der Waals surface area contributed by atoms with Crippen molar-refractivity contribution in [1.82, 2.24) is 9.88 Å². The lowest BCUT2D eigenvalue weighted by Gasteiger charge is -2.47. The minimum absolute atomic E-state index is 0.138. The number of rotatable bonds is 4. The fraction of sp³-hybridized carbons (Fsp3) is 0.565. The van der Waals surface area contributed by atoms with E-state index in [1.165, 1.54) is 18.1 Å². The number of hydrogen-bond donors (Lipinski definition) is 2. The van der Waals surface area contributed by atoms with Crippen LogP contribution in [0.15, 0.2) is 30.5 Å². The molecule has 6 nitrogen and oxygen atoms in total. The van der Waals surface area contributed by atoms with Gasteiger partial charge >= 0.3 is 12.1 Å². The van der Waals surface area contributed by atoms with Crippen LogP contribution in [-0.2, 0) is 19.9 Å². The highest BCUT2D eigenvalue weighted by Crippen LogP contribution is 2.46. The third-order valence-corrected chi connectivity index (χ3v) is 7.10. The Balaban J connectivity index is 1.64. The second-order valence-electron chi connectivity index (χ2n) is 8.80. The molecule has 1 aliphatic carbocycles. The Kier molecular flexibility index (Phi) is 5.96. The van der Waals surface area contributed by atoms with Gasteiger partial charge in [0.2, 0.25) is 5.91 Å². The van der Waals surface area contributed by atoms with Gasteiger partial charge in [0.25, 0.3) is 0 Å². The SMILES string of the molecule is COC(=O)C1CCCC2C1CCCN2C(=O)CC(O)(c1c[nH]c2ccccc12)C(F)(F)F. The molecular formula is C23H27F3N2O4. The smallest absolute Gasteiger partial charge is 0.422 e. The van der Waals surface area contributed by atoms with Crippen LogP contribution in [0.5, 0.6) is 0 Å². The number of amides is 1. The first kappa shape index (κ1) is 22.6. The van der Waals surface area contributed by atoms with E-state index in [1.807, 2.05) is 0 Å². The van der Waals surface area contributed by atoms with Crippen molar-refractivity contribution in [2.45, 2.75) is 56.3 Å². The van der Waals surface area contributed by atoms with Gasteiger partial charge in [-0.3, -0.25) is 9.59 Å². The van der Waals surface area contributed by atoms with Crippen LogP contribution >= 0.6 is 0 Å². The van der Waals surface area contributed by atoms with Crippen LogP contribution in [0.2, 0.25) is 0 Å². The number of alkyl halides is 3. The number of aromatic nitrogens is 1. The normalized spacial score (nSPS) is 25.8. The minimum atomic E-state index is -5.05. The van der Waals surface area contributed by atoms with Crippen LogP contribution in [0.3, 0.4) is 0 Å². The van der Waals surface area contributed by atoms with E-state index in [2.05, 4.69) is 4.98 Å². The Labute approximate surface area is 183 Å². The molecule has 1 saturated heterocycles. The number of likely N-dealkylation sites (tertiary alicyclic amines) is 1. The van der Waals surface area contributed by atoms with Gasteiger partial charge in [-0.2, -0.15) is 13.2 Å². The van der Waals surface area contributed by atoms with E-state index in [4.69, 9.17) is 4.74 Å². The maximum absolute atomic E-state index is 14.2. The number of H-pyrrole nitrogens is 1. The number of fused-ring (bicyclic) bond motifs is 2. The largest absolute Gasteiger partial charge is 0.469 e. The van der Waals surface area contributed by atoms with Gasteiger partial charge in [-0.05, 0) is 37.7 Å². The lowest BCUT2D eigenvalue weighted by molar-refractivity contribution is -0.268. The summed E-state index contributed by atoms with van der Waals surface area (Å²) in [6.07, 6.45) is -1.75. The maximum Gasteiger partial charge on any atom is 0.422 e. The molecule has 1 saturated carbocycles. The molecule has 174 valence electrons. The predicted octanol–water partition coefficient (Wildman–Crippen LogP) is 3.89. The molecule has 0 bridgehead atoms. The topological polar surface area (TPSA) is 82.6 Å². The van der Waals surface area contributed by atoms with Gasteiger partial charge in [0.1, 0.15) is 0 Å². The van der Waals surface area contributed by atoms with Crippen LogP contribution in [-0.4, -0.2) is 52.7 Å². The zero-order chi connectivity index (χ0) is 23.1. The summed E-state index contributed by atoms with van der Waals surface area (Å²) in [7, 11) is 1.32. The van der Waals surface area contributed by atoms with Crippen LogP contribution in [0.25, 0.3) is 10.9 Å². The van der Waals surface area contributed by atoms with Crippen molar-refractivity contribution in [2.75, 3.05) is 13.7 Å². The molecule has 4 unspecified atom stereocenters. The molecule has 4 rings (SSSR count). The molecule has 4 atom stereocenters. The van der Waals surface area contributed by atoms with E-state index in [-0.39, 0.29) is 34.8 Å². The second kappa shape index (κ2) is 8.42. The zero-order valence-corrected chi connectivity index (χ0v) is 17.8. The number of para-hydroxylation sites is 1. The molecule has 2 aliphatic rings. The Morgan fingerprint density at radius 1 is 1.19 bits per heavy atom. The number of nitrogens with one attached hydrogen (secondary N) is 1. The number of ether oxygens (including phenoxy) is 1. The Morgan fingerprint density at radius 2 is 1.94 bits per heavy atom. The van der Waals surface area contributed by atoms with Crippen LogP contribution < -0.4 is 0 Å². The summed E-state index contributed by atoms with van der Waals surface area (Å²) in [5, 5.41) is 11.1. The standard InChI is InChI=1S/C23H27F3N2O4/c1-32-21(30)15-7-4-10-19-14(15)8-5-11-28(19)20(29)12-22(31,23(24,25)26)17-13-27-18-9-3-2-6-16(17)18/h2-3,6,9,13-15,19,27,31H,4-5,7-8,10-12H2,1H3. The number of aromatic amines is 1. The highest BCUT2D eigenvalue weighted by atomic mass is 19.4. The van der Waals surface area contributed by atoms with Crippen molar-refractivity contribution >= 4 is 22.8 Å². The van der Waals surface area contributed by atoms with Crippen molar-refractivity contribution in [2.24, 2.45) is 11.8 Å². The number of carbonyl (C=O) groups is 2. The lowest BCUT2D eigenvalue weighted by atomic mass is 9.71. The predicted molar refractivity (Wildman–Crippen MR) is 110 cm³/mol. The third-order valence-electron chi connectivity index (χ3n) is 7.10. The summed E-state index contributed by atoms with van der Waals surface area (Å²) in [4.78, 5) is 29.7. The molecule has 1 amide bonds. The van der Waals surface area contributed by atoms with Gasteiger partial charge < -0.3 is 19.7 Å². The monoisotopic (exact) mass is 452 g/mol.